The van der Waals surface area contributed by atoms with Gasteiger partial charge in [-0.25, -0.2) is 0 Å². The molecule has 0 radical (unpaired) electrons. The standard InChI is InChI=1S/C18H24N4S/c1-13-11-14-12-15(20-18(19)17-5-4-10-23-17)6-7-16(14)22(13)9-8-21(2)3/h4-7,10,12-13H,8-9,11H2,1-3H3,(H2,19,20). The molecule has 3 rings (SSSR count). The number of amidine groups is 1. The van der Waals surface area contributed by atoms with Crippen LogP contribution in [-0.4, -0.2) is 44.0 Å². The van der Waals surface area contributed by atoms with Crippen molar-refractivity contribution in [1.82, 2.24) is 4.90 Å². The van der Waals surface area contributed by atoms with E-state index in [1.807, 2.05) is 17.5 Å². The third-order valence-corrected chi connectivity index (χ3v) is 5.15. The van der Waals surface area contributed by atoms with Gasteiger partial charge in [0.1, 0.15) is 5.84 Å². The van der Waals surface area contributed by atoms with E-state index in [0.29, 0.717) is 11.9 Å². The van der Waals surface area contributed by atoms with E-state index in [-0.39, 0.29) is 0 Å². The summed E-state index contributed by atoms with van der Waals surface area (Å²) in [4.78, 5) is 5.68. The van der Waals surface area contributed by atoms with Crippen molar-refractivity contribution >= 4 is 28.5 Å². The monoisotopic (exact) mass is 328 g/mol. The maximum Gasteiger partial charge on any atom is 0.140 e. The summed E-state index contributed by atoms with van der Waals surface area (Å²) in [6, 6.07) is 11.0. The Morgan fingerprint density at radius 2 is 2.22 bits per heavy atom. The summed E-state index contributed by atoms with van der Waals surface area (Å²) in [5.74, 6) is 0.468. The van der Waals surface area contributed by atoms with Crippen LogP contribution in [0.4, 0.5) is 11.4 Å². The zero-order chi connectivity index (χ0) is 16.4. The Labute approximate surface area is 142 Å². The number of thiophene rings is 1. The molecule has 1 aromatic carbocycles. The maximum atomic E-state index is 8.16. The fourth-order valence-corrected chi connectivity index (χ4v) is 3.68. The van der Waals surface area contributed by atoms with Crippen LogP contribution in [0.1, 0.15) is 17.4 Å². The molecule has 1 aliphatic rings. The first kappa shape index (κ1) is 16.0. The number of benzene rings is 1. The molecule has 4 nitrogen and oxygen atoms in total. The lowest BCUT2D eigenvalue weighted by molar-refractivity contribution is 0.409. The van der Waals surface area contributed by atoms with Crippen molar-refractivity contribution in [3.05, 3.63) is 46.2 Å². The molecule has 1 atom stereocenters. The van der Waals surface area contributed by atoms with Gasteiger partial charge in [-0.15, -0.1) is 11.3 Å². The van der Waals surface area contributed by atoms with E-state index >= 15 is 0 Å². The van der Waals surface area contributed by atoms with Crippen LogP contribution in [0.3, 0.4) is 0 Å². The minimum Gasteiger partial charge on any atom is -0.367 e. The number of fused-ring (bicyclic) bond motifs is 1. The molecule has 0 fully saturated rings. The molecule has 1 unspecified atom stereocenters. The van der Waals surface area contributed by atoms with Crippen molar-refractivity contribution in [3.8, 4) is 0 Å². The highest BCUT2D eigenvalue weighted by molar-refractivity contribution is 7.12. The van der Waals surface area contributed by atoms with Crippen LogP contribution < -0.4 is 10.2 Å². The van der Waals surface area contributed by atoms with E-state index in [2.05, 4.69) is 54.3 Å². The maximum absolute atomic E-state index is 8.16. The summed E-state index contributed by atoms with van der Waals surface area (Å²) in [5.41, 5.74) is 3.72. The fraction of sp³-hybridized carbons (Fsp3) is 0.389. The van der Waals surface area contributed by atoms with Gasteiger partial charge in [0.05, 0.1) is 4.88 Å². The molecule has 0 aliphatic carbocycles. The highest BCUT2D eigenvalue weighted by Crippen LogP contribution is 2.34. The molecule has 2 heterocycles. The second kappa shape index (κ2) is 6.72. The van der Waals surface area contributed by atoms with Gasteiger partial charge in [-0.3, -0.25) is 5.41 Å². The third-order valence-electron chi connectivity index (χ3n) is 4.26. The van der Waals surface area contributed by atoms with Gasteiger partial charge < -0.3 is 15.1 Å². The van der Waals surface area contributed by atoms with E-state index in [4.69, 9.17) is 5.41 Å². The number of nitrogens with zero attached hydrogens (tertiary/aromatic N) is 2. The highest BCUT2D eigenvalue weighted by Gasteiger charge is 2.25. The van der Waals surface area contributed by atoms with E-state index in [0.717, 1.165) is 30.1 Å². The molecular formula is C18H24N4S. The van der Waals surface area contributed by atoms with E-state index in [9.17, 15) is 0 Å². The molecule has 0 saturated heterocycles. The number of hydrogen-bond donors (Lipinski definition) is 2. The summed E-state index contributed by atoms with van der Waals surface area (Å²) in [7, 11) is 4.23. The van der Waals surface area contributed by atoms with Crippen LogP contribution >= 0.6 is 11.3 Å². The summed E-state index contributed by atoms with van der Waals surface area (Å²) >= 11 is 1.59. The SMILES string of the molecule is CC1Cc2cc(NC(=N)c3cccs3)ccc2N1CCN(C)C. The average molecular weight is 328 g/mol. The van der Waals surface area contributed by atoms with Gasteiger partial charge in [0, 0.05) is 30.5 Å². The Morgan fingerprint density at radius 1 is 1.39 bits per heavy atom. The first-order valence-corrected chi connectivity index (χ1v) is 8.86. The van der Waals surface area contributed by atoms with Crippen molar-refractivity contribution in [3.63, 3.8) is 0 Å². The molecular weight excluding hydrogens is 304 g/mol. The molecule has 0 saturated carbocycles. The minimum atomic E-state index is 0.468. The normalized spacial score (nSPS) is 16.7. The van der Waals surface area contributed by atoms with E-state index in [1.54, 1.807) is 11.3 Å². The summed E-state index contributed by atoms with van der Waals surface area (Å²) in [6.45, 7) is 4.40. The Balaban J connectivity index is 1.73. The topological polar surface area (TPSA) is 42.4 Å². The van der Waals surface area contributed by atoms with E-state index < -0.39 is 0 Å². The lowest BCUT2D eigenvalue weighted by atomic mass is 10.1. The molecule has 0 spiro atoms. The molecule has 5 heteroatoms. The van der Waals surface area contributed by atoms with Gasteiger partial charge in [-0.05, 0) is 62.6 Å². The van der Waals surface area contributed by atoms with Crippen LogP contribution in [-0.2, 0) is 6.42 Å². The smallest absolute Gasteiger partial charge is 0.140 e. The van der Waals surface area contributed by atoms with Crippen molar-refractivity contribution in [2.75, 3.05) is 37.4 Å². The average Bonchev–Trinajstić information content (AvgIpc) is 3.12. The van der Waals surface area contributed by atoms with Crippen LogP contribution in [0.15, 0.2) is 35.7 Å². The van der Waals surface area contributed by atoms with Crippen molar-refractivity contribution in [1.29, 1.82) is 5.41 Å². The Kier molecular flexibility index (Phi) is 4.68. The number of likely N-dealkylation sites (N-methyl/N-ethyl adjacent to an activating group) is 1. The first-order chi connectivity index (χ1) is 11.0. The first-order valence-electron chi connectivity index (χ1n) is 7.98. The van der Waals surface area contributed by atoms with Crippen LogP contribution in [0.2, 0.25) is 0 Å². The molecule has 2 aromatic rings. The Hall–Kier alpha value is -1.85. The molecule has 1 aliphatic heterocycles. The predicted octanol–water partition coefficient (Wildman–Crippen LogP) is 3.50. The summed E-state index contributed by atoms with van der Waals surface area (Å²) < 4.78 is 0. The van der Waals surface area contributed by atoms with Crippen LogP contribution in [0.5, 0.6) is 0 Å². The summed E-state index contributed by atoms with van der Waals surface area (Å²) in [6.07, 6.45) is 1.07. The largest absolute Gasteiger partial charge is 0.367 e. The van der Waals surface area contributed by atoms with Crippen LogP contribution in [0.25, 0.3) is 0 Å². The molecule has 2 N–H and O–H groups in total. The van der Waals surface area contributed by atoms with E-state index in [1.165, 1.54) is 11.3 Å². The Bertz CT molecular complexity index is 678. The molecule has 23 heavy (non-hydrogen) atoms. The highest BCUT2D eigenvalue weighted by atomic mass is 32.1. The van der Waals surface area contributed by atoms with Gasteiger partial charge in [0.25, 0.3) is 0 Å². The molecule has 0 amide bonds. The van der Waals surface area contributed by atoms with Gasteiger partial charge in [0.2, 0.25) is 0 Å². The van der Waals surface area contributed by atoms with Crippen molar-refractivity contribution in [2.24, 2.45) is 0 Å². The molecule has 1 aromatic heterocycles. The second-order valence-electron chi connectivity index (χ2n) is 6.37. The number of nitrogens with one attached hydrogen (secondary N) is 2. The number of hydrogen-bond acceptors (Lipinski definition) is 4. The predicted molar refractivity (Wildman–Crippen MR) is 100 cm³/mol. The number of rotatable bonds is 5. The lowest BCUT2D eigenvalue weighted by Gasteiger charge is -2.26. The third kappa shape index (κ3) is 3.57. The minimum absolute atomic E-state index is 0.468. The lowest BCUT2D eigenvalue weighted by Crippen LogP contribution is -2.35. The van der Waals surface area contributed by atoms with Gasteiger partial charge >= 0.3 is 0 Å². The Morgan fingerprint density at radius 3 is 2.91 bits per heavy atom. The second-order valence-corrected chi connectivity index (χ2v) is 7.32. The quantitative estimate of drug-likeness (QED) is 0.652. The van der Waals surface area contributed by atoms with Gasteiger partial charge in [-0.2, -0.15) is 0 Å². The van der Waals surface area contributed by atoms with Crippen molar-refractivity contribution in [2.45, 2.75) is 19.4 Å². The van der Waals surface area contributed by atoms with Gasteiger partial charge in [-0.1, -0.05) is 6.07 Å². The summed E-state index contributed by atoms with van der Waals surface area (Å²) in [5, 5.41) is 13.4. The zero-order valence-corrected chi connectivity index (χ0v) is 14.8. The van der Waals surface area contributed by atoms with Crippen LogP contribution in [0, 0.1) is 5.41 Å². The number of anilines is 2. The van der Waals surface area contributed by atoms with Crippen molar-refractivity contribution < 1.29 is 0 Å². The zero-order valence-electron chi connectivity index (χ0n) is 14.0. The fourth-order valence-electron chi connectivity index (χ4n) is 3.05. The molecule has 0 bridgehead atoms. The van der Waals surface area contributed by atoms with Gasteiger partial charge in [0.15, 0.2) is 0 Å². The molecule has 122 valence electrons.